The molecule has 12 heteroatoms. The molecule has 0 spiro atoms. The van der Waals surface area contributed by atoms with Crippen molar-refractivity contribution in [1.82, 2.24) is 0 Å². The Hall–Kier alpha value is -1.33. The topological polar surface area (TPSA) is 180 Å². The molecular weight excluding hydrogens is 627 g/mol. The molecule has 0 radical (unpaired) electrons. The van der Waals surface area contributed by atoms with Crippen LogP contribution in [0.4, 0.5) is 0 Å². The Morgan fingerprint density at radius 3 is 1.94 bits per heavy atom. The van der Waals surface area contributed by atoms with Crippen molar-refractivity contribution in [1.29, 1.82) is 0 Å². The van der Waals surface area contributed by atoms with E-state index < -0.39 is 50.8 Å². The zero-order valence-corrected chi connectivity index (χ0v) is 29.9. The number of esters is 2. The summed E-state index contributed by atoms with van der Waals surface area (Å²) in [7, 11) is -4.79. The van der Waals surface area contributed by atoms with Crippen molar-refractivity contribution in [3.8, 4) is 0 Å². The Morgan fingerprint density at radius 2 is 1.32 bits per heavy atom. The zero-order chi connectivity index (χ0) is 34.9. The molecule has 0 unspecified atom stereocenters. The Bertz CT molecular complexity index is 893. The highest BCUT2D eigenvalue weighted by molar-refractivity contribution is 7.46. The first-order valence-electron chi connectivity index (χ1n) is 18.2. The van der Waals surface area contributed by atoms with Crippen LogP contribution in [0.15, 0.2) is 12.2 Å². The molecule has 0 bridgehead atoms. The Kier molecular flexibility index (Phi) is 24.7. The third kappa shape index (κ3) is 22.8. The van der Waals surface area contributed by atoms with Crippen LogP contribution in [0.3, 0.4) is 0 Å². The van der Waals surface area contributed by atoms with E-state index in [-0.39, 0.29) is 31.3 Å². The summed E-state index contributed by atoms with van der Waals surface area (Å²) in [5, 5.41) is 31.1. The molecule has 0 amide bonds. The van der Waals surface area contributed by atoms with Gasteiger partial charge in [-0.25, -0.2) is 4.57 Å². The van der Waals surface area contributed by atoms with Crippen molar-refractivity contribution < 1.29 is 53.3 Å². The molecule has 0 aromatic rings. The van der Waals surface area contributed by atoms with Gasteiger partial charge in [-0.05, 0) is 31.6 Å². The van der Waals surface area contributed by atoms with Crippen molar-refractivity contribution in [3.05, 3.63) is 12.2 Å². The van der Waals surface area contributed by atoms with E-state index in [4.69, 9.17) is 19.3 Å². The standard InChI is InChI=1S/C35H65O11P/c1-3-5-7-8-9-10-11-12-18-22-35(40)46-29(27-45-47(41,42)43)26-44-34(39)21-17-14-13-16-20-30-31(33(38)25-32(30)37)24-23-28(36)19-15-6-4-2/h23-24,28-33,36-38H,3-22,25-27H2,1-2H3,(H2,41,42,43)/b24-23+/t28-,29+,30+,31+,32-,33+/m0/s1. The summed E-state index contributed by atoms with van der Waals surface area (Å²) >= 11 is 0. The molecular formula is C35H65O11P. The first kappa shape index (κ1) is 43.7. The number of hydrogen-bond donors (Lipinski definition) is 5. The second kappa shape index (κ2) is 26.5. The Balaban J connectivity index is 2.33. The van der Waals surface area contributed by atoms with Crippen LogP contribution in [0.2, 0.25) is 0 Å². The minimum Gasteiger partial charge on any atom is -0.462 e. The van der Waals surface area contributed by atoms with Crippen molar-refractivity contribution in [2.24, 2.45) is 11.8 Å². The van der Waals surface area contributed by atoms with E-state index in [1.54, 1.807) is 6.08 Å². The molecule has 0 aliphatic heterocycles. The molecule has 276 valence electrons. The molecule has 1 aliphatic rings. The van der Waals surface area contributed by atoms with Crippen LogP contribution in [0.5, 0.6) is 0 Å². The molecule has 11 nitrogen and oxygen atoms in total. The summed E-state index contributed by atoms with van der Waals surface area (Å²) < 4.78 is 26.2. The van der Waals surface area contributed by atoms with Gasteiger partial charge in [0.1, 0.15) is 6.61 Å². The van der Waals surface area contributed by atoms with Gasteiger partial charge in [0.15, 0.2) is 6.10 Å². The SMILES string of the molecule is CCCCCCCCCCCC(=O)O[C@H](COC(=O)CCCCCC[C@@H]1[C@@H](/C=C/[C@@H](O)CCCCC)[C@H](O)C[C@@H]1O)COP(=O)(O)O. The fourth-order valence-corrected chi connectivity index (χ4v) is 6.48. The lowest BCUT2D eigenvalue weighted by Gasteiger charge is -2.21. The highest BCUT2D eigenvalue weighted by atomic mass is 31.2. The molecule has 1 aliphatic carbocycles. The van der Waals surface area contributed by atoms with Crippen molar-refractivity contribution in [2.45, 2.75) is 173 Å². The number of unbranched alkanes of at least 4 members (excludes halogenated alkanes) is 13. The summed E-state index contributed by atoms with van der Waals surface area (Å²) in [5.74, 6) is -1.30. The maximum atomic E-state index is 12.3. The van der Waals surface area contributed by atoms with Crippen LogP contribution in [-0.2, 0) is 28.2 Å². The van der Waals surface area contributed by atoms with Crippen molar-refractivity contribution >= 4 is 19.8 Å². The van der Waals surface area contributed by atoms with Gasteiger partial charge in [0, 0.05) is 25.2 Å². The third-order valence-electron chi connectivity index (χ3n) is 8.88. The molecule has 0 heterocycles. The van der Waals surface area contributed by atoms with Crippen LogP contribution < -0.4 is 0 Å². The van der Waals surface area contributed by atoms with Gasteiger partial charge in [-0.2, -0.15) is 0 Å². The summed E-state index contributed by atoms with van der Waals surface area (Å²) in [5.41, 5.74) is 0. The minimum atomic E-state index is -4.79. The smallest absolute Gasteiger partial charge is 0.462 e. The first-order valence-corrected chi connectivity index (χ1v) is 19.8. The Labute approximate surface area is 283 Å². The Morgan fingerprint density at radius 1 is 0.766 bits per heavy atom. The number of ether oxygens (including phenoxy) is 2. The number of aliphatic hydroxyl groups excluding tert-OH is 3. The molecule has 6 atom stereocenters. The number of carbonyl (C=O) groups is 2. The predicted molar refractivity (Wildman–Crippen MR) is 181 cm³/mol. The molecule has 0 saturated heterocycles. The predicted octanol–water partition coefficient (Wildman–Crippen LogP) is 6.67. The fraction of sp³-hybridized carbons (Fsp3) is 0.886. The van der Waals surface area contributed by atoms with Crippen molar-refractivity contribution in [2.75, 3.05) is 13.2 Å². The molecule has 0 aromatic heterocycles. The van der Waals surface area contributed by atoms with E-state index in [1.165, 1.54) is 32.1 Å². The summed E-state index contributed by atoms with van der Waals surface area (Å²) in [6.07, 6.45) is 18.8. The third-order valence-corrected chi connectivity index (χ3v) is 9.37. The number of phosphoric ester groups is 1. The maximum Gasteiger partial charge on any atom is 0.469 e. The van der Waals surface area contributed by atoms with Gasteiger partial charge >= 0.3 is 19.8 Å². The molecule has 1 fully saturated rings. The van der Waals surface area contributed by atoms with Gasteiger partial charge in [0.25, 0.3) is 0 Å². The first-order chi connectivity index (χ1) is 22.5. The van der Waals surface area contributed by atoms with Gasteiger partial charge in [0.05, 0.1) is 24.9 Å². The average Bonchev–Trinajstić information content (AvgIpc) is 3.29. The number of aliphatic hydroxyl groups is 3. The monoisotopic (exact) mass is 692 g/mol. The van der Waals surface area contributed by atoms with Gasteiger partial charge in [-0.3, -0.25) is 14.1 Å². The van der Waals surface area contributed by atoms with Crippen LogP contribution in [0.25, 0.3) is 0 Å². The summed E-state index contributed by atoms with van der Waals surface area (Å²) in [6.45, 7) is 3.36. The molecule has 1 saturated carbocycles. The normalized spacial score (nSPS) is 21.3. The molecule has 1 rings (SSSR count). The number of carbonyl (C=O) groups excluding carboxylic acids is 2. The van der Waals surface area contributed by atoms with E-state index in [9.17, 15) is 29.5 Å². The highest BCUT2D eigenvalue weighted by Crippen LogP contribution is 2.37. The largest absolute Gasteiger partial charge is 0.469 e. The van der Waals surface area contributed by atoms with Crippen LogP contribution in [0.1, 0.15) is 149 Å². The van der Waals surface area contributed by atoms with E-state index in [0.717, 1.165) is 64.2 Å². The second-order valence-corrected chi connectivity index (χ2v) is 14.4. The lowest BCUT2D eigenvalue weighted by atomic mass is 9.88. The quantitative estimate of drug-likeness (QED) is 0.0245. The van der Waals surface area contributed by atoms with E-state index in [2.05, 4.69) is 18.4 Å². The van der Waals surface area contributed by atoms with Gasteiger partial charge in [-0.15, -0.1) is 0 Å². The second-order valence-electron chi connectivity index (χ2n) is 13.2. The number of rotatable bonds is 29. The summed E-state index contributed by atoms with van der Waals surface area (Å²) in [6, 6.07) is 0. The van der Waals surface area contributed by atoms with Crippen LogP contribution in [-0.4, -0.2) is 74.7 Å². The summed E-state index contributed by atoms with van der Waals surface area (Å²) in [4.78, 5) is 42.7. The zero-order valence-electron chi connectivity index (χ0n) is 29.0. The van der Waals surface area contributed by atoms with E-state index >= 15 is 0 Å². The number of phosphoric acid groups is 1. The number of hydrogen-bond acceptors (Lipinski definition) is 9. The molecule has 5 N–H and O–H groups in total. The fourth-order valence-electron chi connectivity index (χ4n) is 6.12. The average molecular weight is 693 g/mol. The minimum absolute atomic E-state index is 0.0793. The van der Waals surface area contributed by atoms with E-state index in [1.807, 2.05) is 6.08 Å². The van der Waals surface area contributed by atoms with Crippen LogP contribution in [0, 0.1) is 11.8 Å². The van der Waals surface area contributed by atoms with E-state index in [0.29, 0.717) is 25.7 Å². The maximum absolute atomic E-state index is 12.3. The van der Waals surface area contributed by atoms with Gasteiger partial charge in [-0.1, -0.05) is 116 Å². The lowest BCUT2D eigenvalue weighted by Crippen LogP contribution is -2.29. The highest BCUT2D eigenvalue weighted by Gasteiger charge is 2.39. The molecule has 0 aromatic carbocycles. The van der Waals surface area contributed by atoms with Crippen molar-refractivity contribution in [3.63, 3.8) is 0 Å². The molecule has 47 heavy (non-hydrogen) atoms. The van der Waals surface area contributed by atoms with Gasteiger partial charge < -0.3 is 34.6 Å². The lowest BCUT2D eigenvalue weighted by molar-refractivity contribution is -0.161. The van der Waals surface area contributed by atoms with Crippen LogP contribution >= 0.6 is 7.82 Å². The van der Waals surface area contributed by atoms with Gasteiger partial charge in [0.2, 0.25) is 0 Å².